The molecule has 1 aromatic carbocycles. The second kappa shape index (κ2) is 7.53. The number of aliphatic hydroxyl groups excluding tert-OH is 1. The predicted molar refractivity (Wildman–Crippen MR) is 80.6 cm³/mol. The smallest absolute Gasteiger partial charge is 0.161 e. The highest BCUT2D eigenvalue weighted by Crippen LogP contribution is 2.36. The topological polar surface area (TPSA) is 38.7 Å². The molecule has 2 atom stereocenters. The largest absolute Gasteiger partial charge is 0.490 e. The Kier molecular flexibility index (Phi) is 5.72. The van der Waals surface area contributed by atoms with E-state index in [0.29, 0.717) is 19.1 Å². The van der Waals surface area contributed by atoms with Gasteiger partial charge in [-0.25, -0.2) is 0 Å². The molecule has 1 saturated carbocycles. The van der Waals surface area contributed by atoms with Gasteiger partial charge in [0.1, 0.15) is 0 Å². The number of hydrogen-bond acceptors (Lipinski definition) is 3. The van der Waals surface area contributed by atoms with Gasteiger partial charge in [-0.3, -0.25) is 0 Å². The summed E-state index contributed by atoms with van der Waals surface area (Å²) >= 11 is 0. The summed E-state index contributed by atoms with van der Waals surface area (Å²) in [5, 5.41) is 9.98. The van der Waals surface area contributed by atoms with Crippen molar-refractivity contribution in [1.29, 1.82) is 0 Å². The molecule has 0 amide bonds. The van der Waals surface area contributed by atoms with Gasteiger partial charge in [-0.1, -0.05) is 18.9 Å². The first-order valence-electron chi connectivity index (χ1n) is 7.82. The molecule has 2 rings (SSSR count). The van der Waals surface area contributed by atoms with Gasteiger partial charge in [-0.15, -0.1) is 0 Å². The number of rotatable bonds is 5. The fraction of sp³-hybridized carbons (Fsp3) is 0.647. The van der Waals surface area contributed by atoms with Gasteiger partial charge in [-0.2, -0.15) is 0 Å². The molecule has 1 aromatic rings. The van der Waals surface area contributed by atoms with Gasteiger partial charge in [-0.05, 0) is 56.7 Å². The highest BCUT2D eigenvalue weighted by atomic mass is 16.5. The summed E-state index contributed by atoms with van der Waals surface area (Å²) < 4.78 is 11.3. The van der Waals surface area contributed by atoms with E-state index in [1.807, 2.05) is 19.9 Å². The molecule has 3 heteroatoms. The molecule has 112 valence electrons. The maximum absolute atomic E-state index is 9.98. The van der Waals surface area contributed by atoms with Gasteiger partial charge in [0, 0.05) is 0 Å². The van der Waals surface area contributed by atoms with Crippen molar-refractivity contribution in [3.63, 3.8) is 0 Å². The Hall–Kier alpha value is -1.22. The number of aliphatic hydroxyl groups is 1. The zero-order valence-corrected chi connectivity index (χ0v) is 12.6. The Morgan fingerprint density at radius 2 is 1.75 bits per heavy atom. The van der Waals surface area contributed by atoms with E-state index in [2.05, 4.69) is 12.1 Å². The van der Waals surface area contributed by atoms with Crippen LogP contribution in [0.4, 0.5) is 0 Å². The van der Waals surface area contributed by atoms with Crippen molar-refractivity contribution in [2.75, 3.05) is 13.2 Å². The molecular weight excluding hydrogens is 252 g/mol. The van der Waals surface area contributed by atoms with Crippen LogP contribution in [0.2, 0.25) is 0 Å². The summed E-state index contributed by atoms with van der Waals surface area (Å²) in [4.78, 5) is 0. The van der Waals surface area contributed by atoms with Crippen molar-refractivity contribution in [1.82, 2.24) is 0 Å². The molecule has 0 heterocycles. The zero-order chi connectivity index (χ0) is 14.4. The third-order valence-electron chi connectivity index (χ3n) is 3.94. The molecule has 0 bridgehead atoms. The average molecular weight is 278 g/mol. The Bertz CT molecular complexity index is 417. The fourth-order valence-corrected chi connectivity index (χ4v) is 2.96. The molecule has 20 heavy (non-hydrogen) atoms. The average Bonchev–Trinajstić information content (AvgIpc) is 2.66. The second-order valence-electron chi connectivity index (χ2n) is 5.44. The zero-order valence-electron chi connectivity index (χ0n) is 12.6. The van der Waals surface area contributed by atoms with E-state index in [4.69, 9.17) is 9.47 Å². The van der Waals surface area contributed by atoms with Crippen LogP contribution in [0.25, 0.3) is 0 Å². The molecular formula is C17H26O3. The second-order valence-corrected chi connectivity index (χ2v) is 5.44. The monoisotopic (exact) mass is 278 g/mol. The predicted octanol–water partition coefficient (Wildman–Crippen LogP) is 3.89. The Balaban J connectivity index is 2.20. The van der Waals surface area contributed by atoms with Crippen LogP contribution < -0.4 is 9.47 Å². The number of ether oxygens (including phenoxy) is 2. The van der Waals surface area contributed by atoms with Gasteiger partial charge >= 0.3 is 0 Å². The first-order valence-corrected chi connectivity index (χ1v) is 7.82. The van der Waals surface area contributed by atoms with E-state index >= 15 is 0 Å². The van der Waals surface area contributed by atoms with Crippen LogP contribution >= 0.6 is 0 Å². The van der Waals surface area contributed by atoms with Crippen molar-refractivity contribution in [2.45, 2.75) is 58.0 Å². The molecule has 0 radical (unpaired) electrons. The maximum Gasteiger partial charge on any atom is 0.161 e. The molecule has 0 aliphatic heterocycles. The van der Waals surface area contributed by atoms with Crippen LogP contribution in [0.3, 0.4) is 0 Å². The van der Waals surface area contributed by atoms with Crippen molar-refractivity contribution >= 4 is 0 Å². The Morgan fingerprint density at radius 3 is 2.50 bits per heavy atom. The SMILES string of the molecule is CCOc1ccc(C2CCCCC(O)C2)cc1OCC. The van der Waals surface area contributed by atoms with E-state index in [9.17, 15) is 5.11 Å². The van der Waals surface area contributed by atoms with Crippen LogP contribution in [0.1, 0.15) is 57.4 Å². The lowest BCUT2D eigenvalue weighted by atomic mass is 9.91. The van der Waals surface area contributed by atoms with Gasteiger partial charge in [0.2, 0.25) is 0 Å². The molecule has 1 aliphatic rings. The molecule has 1 fully saturated rings. The summed E-state index contributed by atoms with van der Waals surface area (Å²) in [6.07, 6.45) is 5.11. The highest BCUT2D eigenvalue weighted by Gasteiger charge is 2.21. The first-order chi connectivity index (χ1) is 9.74. The van der Waals surface area contributed by atoms with Crippen molar-refractivity contribution < 1.29 is 14.6 Å². The molecule has 2 unspecified atom stereocenters. The number of benzene rings is 1. The van der Waals surface area contributed by atoms with Crippen molar-refractivity contribution in [3.8, 4) is 11.5 Å². The van der Waals surface area contributed by atoms with Gasteiger partial charge in [0.25, 0.3) is 0 Å². The van der Waals surface area contributed by atoms with Crippen LogP contribution in [0, 0.1) is 0 Å². The Morgan fingerprint density at radius 1 is 1.05 bits per heavy atom. The standard InChI is InChI=1S/C17H26O3/c1-3-19-16-10-9-14(12-17(16)20-4-2)13-7-5-6-8-15(18)11-13/h9-10,12-13,15,18H,3-8,11H2,1-2H3. The van der Waals surface area contributed by atoms with Gasteiger partial charge < -0.3 is 14.6 Å². The molecule has 1 aliphatic carbocycles. The van der Waals surface area contributed by atoms with E-state index in [0.717, 1.165) is 37.2 Å². The summed E-state index contributed by atoms with van der Waals surface area (Å²) in [7, 11) is 0. The molecule has 1 N–H and O–H groups in total. The fourth-order valence-electron chi connectivity index (χ4n) is 2.96. The maximum atomic E-state index is 9.98. The lowest BCUT2D eigenvalue weighted by molar-refractivity contribution is 0.152. The molecule has 0 spiro atoms. The van der Waals surface area contributed by atoms with Crippen LogP contribution in [0.5, 0.6) is 11.5 Å². The van der Waals surface area contributed by atoms with E-state index in [1.165, 1.54) is 12.0 Å². The van der Waals surface area contributed by atoms with E-state index in [1.54, 1.807) is 0 Å². The van der Waals surface area contributed by atoms with Gasteiger partial charge in [0.15, 0.2) is 11.5 Å². The quantitative estimate of drug-likeness (QED) is 0.830. The normalized spacial score (nSPS) is 23.1. The lowest BCUT2D eigenvalue weighted by Crippen LogP contribution is -2.09. The third-order valence-corrected chi connectivity index (χ3v) is 3.94. The minimum absolute atomic E-state index is 0.162. The molecule has 0 saturated heterocycles. The van der Waals surface area contributed by atoms with Crippen LogP contribution in [-0.2, 0) is 0 Å². The summed E-state index contributed by atoms with van der Waals surface area (Å²) in [5.41, 5.74) is 1.26. The van der Waals surface area contributed by atoms with Crippen LogP contribution in [-0.4, -0.2) is 24.4 Å². The third kappa shape index (κ3) is 3.89. The first kappa shape index (κ1) is 15.2. The number of hydrogen-bond donors (Lipinski definition) is 1. The summed E-state index contributed by atoms with van der Waals surface area (Å²) in [6.45, 7) is 5.24. The van der Waals surface area contributed by atoms with Crippen molar-refractivity contribution in [3.05, 3.63) is 23.8 Å². The minimum atomic E-state index is -0.162. The van der Waals surface area contributed by atoms with E-state index < -0.39 is 0 Å². The molecule has 0 aromatic heterocycles. The molecule has 3 nitrogen and oxygen atoms in total. The lowest BCUT2D eigenvalue weighted by Gasteiger charge is -2.19. The van der Waals surface area contributed by atoms with Gasteiger partial charge in [0.05, 0.1) is 19.3 Å². The van der Waals surface area contributed by atoms with Crippen molar-refractivity contribution in [2.24, 2.45) is 0 Å². The summed E-state index contributed by atoms with van der Waals surface area (Å²) in [5.74, 6) is 2.07. The highest BCUT2D eigenvalue weighted by molar-refractivity contribution is 5.44. The van der Waals surface area contributed by atoms with E-state index in [-0.39, 0.29) is 6.10 Å². The van der Waals surface area contributed by atoms with Crippen LogP contribution in [0.15, 0.2) is 18.2 Å². The Labute approximate surface area is 121 Å². The summed E-state index contributed by atoms with van der Waals surface area (Å²) in [6, 6.07) is 6.22. The minimum Gasteiger partial charge on any atom is -0.490 e.